The predicted octanol–water partition coefficient (Wildman–Crippen LogP) is -3.42. The number of carboxylic acids is 2. The largest absolute Gasteiger partial charge is 0.481 e. The van der Waals surface area contributed by atoms with E-state index in [-0.39, 0.29) is 19.3 Å². The first-order chi connectivity index (χ1) is 15.4. The maximum Gasteiger partial charge on any atom is 0.325 e. The summed E-state index contributed by atoms with van der Waals surface area (Å²) in [5, 5.41) is 24.6. The number of nitrogens with zero attached hydrogens (tertiary/aromatic N) is 1. The fourth-order valence-corrected chi connectivity index (χ4v) is 2.59. The van der Waals surface area contributed by atoms with E-state index >= 15 is 0 Å². The van der Waals surface area contributed by atoms with Crippen LogP contribution in [0, 0.1) is 0 Å². The quantitative estimate of drug-likeness (QED) is 0.134. The molecule has 0 aromatic carbocycles. The van der Waals surface area contributed by atoms with E-state index in [0.29, 0.717) is 5.69 Å². The molecule has 4 unspecified atom stereocenters. The lowest BCUT2D eigenvalue weighted by Crippen LogP contribution is -2.57. The lowest BCUT2D eigenvalue weighted by atomic mass is 10.1. The summed E-state index contributed by atoms with van der Waals surface area (Å²) in [6, 6.07) is -5.37. The fraction of sp³-hybridized carbons (Fsp3) is 0.500. The van der Waals surface area contributed by atoms with Crippen molar-refractivity contribution < 1.29 is 39.0 Å². The van der Waals surface area contributed by atoms with E-state index in [2.05, 4.69) is 25.9 Å². The molecular formula is C18H27N7O8. The van der Waals surface area contributed by atoms with Crippen molar-refractivity contribution in [3.63, 3.8) is 0 Å². The Kier molecular flexibility index (Phi) is 10.4. The van der Waals surface area contributed by atoms with E-state index in [1.165, 1.54) is 19.4 Å². The van der Waals surface area contributed by atoms with Gasteiger partial charge in [-0.25, -0.2) is 4.98 Å². The van der Waals surface area contributed by atoms with Crippen LogP contribution in [0.2, 0.25) is 0 Å². The molecule has 0 saturated carbocycles. The van der Waals surface area contributed by atoms with E-state index in [9.17, 15) is 28.8 Å². The summed E-state index contributed by atoms with van der Waals surface area (Å²) in [5.74, 6) is -6.06. The van der Waals surface area contributed by atoms with Crippen LogP contribution in [0.15, 0.2) is 12.5 Å². The molecule has 182 valence electrons. The van der Waals surface area contributed by atoms with Crippen molar-refractivity contribution in [2.45, 2.75) is 56.8 Å². The topological polar surface area (TPSA) is 260 Å². The van der Waals surface area contributed by atoms with E-state index < -0.39 is 66.2 Å². The van der Waals surface area contributed by atoms with Gasteiger partial charge in [-0.1, -0.05) is 0 Å². The van der Waals surface area contributed by atoms with Crippen molar-refractivity contribution in [2.24, 2.45) is 11.5 Å². The van der Waals surface area contributed by atoms with Crippen molar-refractivity contribution in [1.82, 2.24) is 25.9 Å². The molecule has 0 aliphatic heterocycles. The molecule has 1 aromatic rings. The molecule has 1 aromatic heterocycles. The molecule has 0 saturated heterocycles. The van der Waals surface area contributed by atoms with Crippen LogP contribution in [0.3, 0.4) is 0 Å². The maximum absolute atomic E-state index is 12.9. The summed E-state index contributed by atoms with van der Waals surface area (Å²) in [4.78, 5) is 77.1. The molecule has 1 heterocycles. The highest BCUT2D eigenvalue weighted by molar-refractivity contribution is 5.95. The van der Waals surface area contributed by atoms with Crippen molar-refractivity contribution >= 4 is 35.6 Å². The van der Waals surface area contributed by atoms with Crippen LogP contribution in [0.25, 0.3) is 0 Å². The average Bonchev–Trinajstić information content (AvgIpc) is 3.22. The van der Waals surface area contributed by atoms with E-state index in [0.717, 1.165) is 0 Å². The first-order valence-electron chi connectivity index (χ1n) is 9.77. The number of primary amides is 1. The smallest absolute Gasteiger partial charge is 0.325 e. The molecular weight excluding hydrogens is 442 g/mol. The number of imidazole rings is 1. The Hall–Kier alpha value is -4.01. The number of aromatic nitrogens is 2. The van der Waals surface area contributed by atoms with Crippen LogP contribution >= 0.6 is 0 Å². The van der Waals surface area contributed by atoms with Gasteiger partial charge in [-0.3, -0.25) is 28.8 Å². The van der Waals surface area contributed by atoms with Gasteiger partial charge in [-0.2, -0.15) is 0 Å². The minimum atomic E-state index is -1.44. The zero-order valence-electron chi connectivity index (χ0n) is 17.7. The SMILES string of the molecule is CC(NC(=O)C(CCC(N)=O)NC(=O)C(Cc1cnc[nH]1)NC(=O)C(N)CC(=O)O)C(=O)O. The maximum atomic E-state index is 12.9. The molecule has 15 heteroatoms. The third kappa shape index (κ3) is 9.77. The number of nitrogens with two attached hydrogens (primary N) is 2. The Bertz CT molecular complexity index is 873. The highest BCUT2D eigenvalue weighted by Gasteiger charge is 2.30. The first-order valence-corrected chi connectivity index (χ1v) is 9.77. The van der Waals surface area contributed by atoms with Crippen LogP contribution < -0.4 is 27.4 Å². The number of carbonyl (C=O) groups is 6. The van der Waals surface area contributed by atoms with Crippen LogP contribution in [-0.4, -0.2) is 79.9 Å². The van der Waals surface area contributed by atoms with Gasteiger partial charge >= 0.3 is 11.9 Å². The molecule has 10 N–H and O–H groups in total. The van der Waals surface area contributed by atoms with E-state index in [1.54, 1.807) is 0 Å². The third-order valence-corrected chi connectivity index (χ3v) is 4.38. The van der Waals surface area contributed by atoms with Crippen molar-refractivity contribution in [2.75, 3.05) is 0 Å². The number of carboxylic acid groups (broad SMARTS) is 2. The molecule has 15 nitrogen and oxygen atoms in total. The number of aliphatic carboxylic acids is 2. The fourth-order valence-electron chi connectivity index (χ4n) is 2.59. The van der Waals surface area contributed by atoms with Crippen LogP contribution in [0.4, 0.5) is 0 Å². The lowest BCUT2D eigenvalue weighted by molar-refractivity contribution is -0.142. The summed E-state index contributed by atoms with van der Waals surface area (Å²) in [5.41, 5.74) is 11.1. The minimum absolute atomic E-state index is 0.118. The molecule has 0 bridgehead atoms. The van der Waals surface area contributed by atoms with Crippen LogP contribution in [-0.2, 0) is 35.2 Å². The van der Waals surface area contributed by atoms with Crippen molar-refractivity contribution in [3.8, 4) is 0 Å². The van der Waals surface area contributed by atoms with Crippen molar-refractivity contribution in [3.05, 3.63) is 18.2 Å². The first kappa shape index (κ1) is 27.0. The number of carbonyl (C=O) groups excluding carboxylic acids is 4. The minimum Gasteiger partial charge on any atom is -0.481 e. The molecule has 33 heavy (non-hydrogen) atoms. The Balaban J connectivity index is 3.02. The summed E-state index contributed by atoms with van der Waals surface area (Å²) in [6.07, 6.45) is 1.39. The summed E-state index contributed by atoms with van der Waals surface area (Å²) in [6.45, 7) is 1.21. The highest BCUT2D eigenvalue weighted by Crippen LogP contribution is 2.04. The number of H-pyrrole nitrogens is 1. The van der Waals surface area contributed by atoms with Gasteiger partial charge in [0.1, 0.15) is 18.1 Å². The second-order valence-corrected chi connectivity index (χ2v) is 7.18. The zero-order valence-corrected chi connectivity index (χ0v) is 17.7. The number of nitrogens with one attached hydrogen (secondary N) is 4. The van der Waals surface area contributed by atoms with Gasteiger partial charge in [0.25, 0.3) is 0 Å². The summed E-state index contributed by atoms with van der Waals surface area (Å²) < 4.78 is 0. The van der Waals surface area contributed by atoms with Gasteiger partial charge in [-0.15, -0.1) is 0 Å². The van der Waals surface area contributed by atoms with Gasteiger partial charge < -0.3 is 42.6 Å². The second kappa shape index (κ2) is 12.7. The predicted molar refractivity (Wildman–Crippen MR) is 110 cm³/mol. The number of hydrogen-bond acceptors (Lipinski definition) is 8. The summed E-state index contributed by atoms with van der Waals surface area (Å²) in [7, 11) is 0. The molecule has 0 aliphatic carbocycles. The number of hydrogen-bond donors (Lipinski definition) is 8. The van der Waals surface area contributed by atoms with Gasteiger partial charge in [0.05, 0.1) is 18.8 Å². The molecule has 0 spiro atoms. The standard InChI is InChI=1S/C18H27N7O8/c1-8(18(32)33)23-16(30)11(2-3-13(20)26)24-17(31)12(4-9-6-21-7-22-9)25-15(29)10(19)5-14(27)28/h6-8,10-12H,2-5,19H2,1H3,(H2,20,26)(H,21,22)(H,23,30)(H,24,31)(H,25,29)(H,27,28)(H,32,33). The lowest BCUT2D eigenvalue weighted by Gasteiger charge is -2.24. The second-order valence-electron chi connectivity index (χ2n) is 7.18. The zero-order chi connectivity index (χ0) is 25.1. The van der Waals surface area contributed by atoms with Crippen molar-refractivity contribution in [1.29, 1.82) is 0 Å². The summed E-state index contributed by atoms with van der Waals surface area (Å²) >= 11 is 0. The molecule has 0 aliphatic rings. The number of rotatable bonds is 14. The van der Waals surface area contributed by atoms with Gasteiger partial charge in [0.2, 0.25) is 23.6 Å². The van der Waals surface area contributed by atoms with Crippen LogP contribution in [0.1, 0.15) is 31.9 Å². The average molecular weight is 469 g/mol. The van der Waals surface area contributed by atoms with E-state index in [1.807, 2.05) is 0 Å². The molecule has 0 fully saturated rings. The van der Waals surface area contributed by atoms with Crippen LogP contribution in [0.5, 0.6) is 0 Å². The third-order valence-electron chi connectivity index (χ3n) is 4.38. The Morgan fingerprint density at radius 1 is 1.03 bits per heavy atom. The number of aromatic amines is 1. The van der Waals surface area contributed by atoms with Gasteiger partial charge in [-0.05, 0) is 13.3 Å². The molecule has 1 rings (SSSR count). The Morgan fingerprint density at radius 3 is 2.15 bits per heavy atom. The Morgan fingerprint density at radius 2 is 1.64 bits per heavy atom. The molecule has 0 radical (unpaired) electrons. The van der Waals surface area contributed by atoms with Gasteiger partial charge in [0.15, 0.2) is 0 Å². The van der Waals surface area contributed by atoms with Gasteiger partial charge in [0, 0.05) is 24.7 Å². The van der Waals surface area contributed by atoms with E-state index in [4.69, 9.17) is 21.7 Å². The highest BCUT2D eigenvalue weighted by atomic mass is 16.4. The Labute approximate surface area is 187 Å². The normalized spacial score (nSPS) is 14.2. The monoisotopic (exact) mass is 469 g/mol. The number of amides is 4. The molecule has 4 atom stereocenters. The molecule has 4 amide bonds.